The molecule has 1 saturated carbocycles. The van der Waals surface area contributed by atoms with Crippen molar-refractivity contribution >= 4 is 11.7 Å². The smallest absolute Gasteiger partial charge is 0.274 e. The number of imidazole rings is 1. The van der Waals surface area contributed by atoms with Gasteiger partial charge in [-0.3, -0.25) is 19.0 Å². The average molecular weight is 419 g/mol. The highest BCUT2D eigenvalue weighted by atomic mass is 16.3. The number of likely N-dealkylation sites (tertiary alicyclic amines) is 1. The van der Waals surface area contributed by atoms with Gasteiger partial charge in [0, 0.05) is 37.6 Å². The third kappa shape index (κ3) is 3.09. The molecule has 2 aliphatic heterocycles. The van der Waals surface area contributed by atoms with Gasteiger partial charge in [-0.1, -0.05) is 24.3 Å². The fraction of sp³-hybridized carbons (Fsp3) is 0.435. The van der Waals surface area contributed by atoms with Gasteiger partial charge in [0.1, 0.15) is 5.69 Å². The minimum atomic E-state index is -0.670. The molecule has 3 aliphatic rings. The van der Waals surface area contributed by atoms with Crippen molar-refractivity contribution in [1.29, 1.82) is 0 Å². The van der Waals surface area contributed by atoms with Gasteiger partial charge in [0.05, 0.1) is 11.6 Å². The second-order valence-electron chi connectivity index (χ2n) is 9.14. The largest absolute Gasteiger partial charge is 0.389 e. The topological polar surface area (TPSA) is 103 Å². The van der Waals surface area contributed by atoms with E-state index in [1.807, 2.05) is 12.1 Å². The van der Waals surface area contributed by atoms with Crippen LogP contribution in [0.2, 0.25) is 0 Å². The standard InChI is InChI=1S/C23H25N5O3/c29-19-13-27(8-7-23(19)9-15-3-1-2-4-16(15)10-24-23)21(31)18-12-28-11-17(14-5-6-14)20(30)26-22(28)25-18/h1-4,11-12,14,19,24,29H,5-10,13H2,(H,25,26,30)/t19-,23+/m1/s1. The van der Waals surface area contributed by atoms with E-state index >= 15 is 0 Å². The predicted octanol–water partition coefficient (Wildman–Crippen LogP) is 1.19. The molecular weight excluding hydrogens is 394 g/mol. The van der Waals surface area contributed by atoms with Gasteiger partial charge >= 0.3 is 0 Å². The number of nitrogens with zero attached hydrogens (tertiary/aromatic N) is 3. The molecule has 2 fully saturated rings. The maximum Gasteiger partial charge on any atom is 0.274 e. The molecule has 160 valence electrons. The van der Waals surface area contributed by atoms with Crippen LogP contribution in [0.1, 0.15) is 52.4 Å². The number of benzene rings is 1. The molecule has 4 heterocycles. The lowest BCUT2D eigenvalue weighted by Crippen LogP contribution is -2.65. The Kier molecular flexibility index (Phi) is 4.10. The van der Waals surface area contributed by atoms with Crippen LogP contribution in [0, 0.1) is 0 Å². The van der Waals surface area contributed by atoms with Crippen LogP contribution < -0.4 is 10.9 Å². The molecule has 1 saturated heterocycles. The lowest BCUT2D eigenvalue weighted by atomic mass is 9.76. The summed E-state index contributed by atoms with van der Waals surface area (Å²) in [6, 6.07) is 8.30. The summed E-state index contributed by atoms with van der Waals surface area (Å²) in [4.78, 5) is 34.2. The molecule has 1 spiro atoms. The number of carbonyl (C=O) groups excluding carboxylic acids is 1. The number of carbonyl (C=O) groups is 1. The van der Waals surface area contributed by atoms with Crippen LogP contribution in [-0.2, 0) is 13.0 Å². The maximum absolute atomic E-state index is 13.1. The lowest BCUT2D eigenvalue weighted by molar-refractivity contribution is -0.0140. The van der Waals surface area contributed by atoms with Crippen LogP contribution in [0.15, 0.2) is 41.5 Å². The summed E-state index contributed by atoms with van der Waals surface area (Å²) in [5.41, 5.74) is 3.03. The third-order valence-electron chi connectivity index (χ3n) is 7.14. The van der Waals surface area contributed by atoms with Crippen molar-refractivity contribution in [1.82, 2.24) is 24.6 Å². The maximum atomic E-state index is 13.1. The summed E-state index contributed by atoms with van der Waals surface area (Å²) in [6.45, 7) is 1.53. The molecule has 1 aromatic carbocycles. The van der Waals surface area contributed by atoms with Crippen molar-refractivity contribution in [2.45, 2.75) is 49.8 Å². The molecule has 2 aromatic heterocycles. The van der Waals surface area contributed by atoms with Gasteiger partial charge in [0.2, 0.25) is 5.78 Å². The van der Waals surface area contributed by atoms with Crippen LogP contribution in [0.5, 0.6) is 0 Å². The van der Waals surface area contributed by atoms with Crippen molar-refractivity contribution in [2.24, 2.45) is 0 Å². The van der Waals surface area contributed by atoms with Crippen LogP contribution >= 0.6 is 0 Å². The van der Waals surface area contributed by atoms with Gasteiger partial charge in [0.15, 0.2) is 0 Å². The highest BCUT2D eigenvalue weighted by molar-refractivity contribution is 5.93. The Morgan fingerprint density at radius 3 is 2.77 bits per heavy atom. The Morgan fingerprint density at radius 1 is 1.19 bits per heavy atom. The number of aliphatic hydroxyl groups is 1. The number of aromatic nitrogens is 3. The first-order chi connectivity index (χ1) is 15.0. The first-order valence-corrected chi connectivity index (χ1v) is 10.9. The van der Waals surface area contributed by atoms with E-state index in [9.17, 15) is 14.7 Å². The molecule has 0 bridgehead atoms. The van der Waals surface area contributed by atoms with E-state index in [2.05, 4.69) is 27.4 Å². The van der Waals surface area contributed by atoms with Crippen molar-refractivity contribution in [2.75, 3.05) is 13.1 Å². The first-order valence-electron chi connectivity index (χ1n) is 10.9. The summed E-state index contributed by atoms with van der Waals surface area (Å²) >= 11 is 0. The molecule has 8 heteroatoms. The zero-order chi connectivity index (χ0) is 21.2. The van der Waals surface area contributed by atoms with Gasteiger partial charge in [-0.05, 0) is 42.7 Å². The molecule has 6 rings (SSSR count). The molecular formula is C23H25N5O3. The number of rotatable bonds is 2. The number of H-pyrrole nitrogens is 1. The number of piperidine rings is 1. The monoisotopic (exact) mass is 419 g/mol. The SMILES string of the molecule is O=C(c1cn2cc(C3CC3)c(=O)[nH]c2n1)N1CC[C@]2(Cc3ccccc3CN2)[C@H](O)C1. The van der Waals surface area contributed by atoms with Gasteiger partial charge in [-0.25, -0.2) is 4.98 Å². The minimum absolute atomic E-state index is 0.126. The van der Waals surface area contributed by atoms with E-state index in [1.54, 1.807) is 21.7 Å². The number of aromatic amines is 1. The molecule has 2 atom stereocenters. The molecule has 0 unspecified atom stereocenters. The van der Waals surface area contributed by atoms with Gasteiger partial charge in [-0.2, -0.15) is 0 Å². The average Bonchev–Trinajstić information content (AvgIpc) is 3.54. The quantitative estimate of drug-likeness (QED) is 0.579. The molecule has 0 radical (unpaired) electrons. The van der Waals surface area contributed by atoms with Gasteiger partial charge < -0.3 is 15.3 Å². The second-order valence-corrected chi connectivity index (χ2v) is 9.14. The summed E-state index contributed by atoms with van der Waals surface area (Å²) in [6.07, 6.45) is 6.28. The first kappa shape index (κ1) is 18.8. The van der Waals surface area contributed by atoms with E-state index in [0.717, 1.165) is 31.4 Å². The van der Waals surface area contributed by atoms with Gasteiger partial charge in [-0.15, -0.1) is 0 Å². The Balaban J connectivity index is 1.22. The van der Waals surface area contributed by atoms with Crippen molar-refractivity contribution in [3.8, 4) is 0 Å². The zero-order valence-corrected chi connectivity index (χ0v) is 17.2. The zero-order valence-electron chi connectivity index (χ0n) is 17.2. The number of nitrogens with one attached hydrogen (secondary N) is 2. The Labute approximate surface area is 178 Å². The predicted molar refractivity (Wildman–Crippen MR) is 114 cm³/mol. The molecule has 1 amide bonds. The van der Waals surface area contributed by atoms with E-state index in [0.29, 0.717) is 24.7 Å². The number of hydrogen-bond donors (Lipinski definition) is 3. The Morgan fingerprint density at radius 2 is 2.00 bits per heavy atom. The van der Waals surface area contributed by atoms with Crippen LogP contribution in [0.25, 0.3) is 5.78 Å². The lowest BCUT2D eigenvalue weighted by Gasteiger charge is -2.48. The van der Waals surface area contributed by atoms with E-state index in [1.165, 1.54) is 11.1 Å². The van der Waals surface area contributed by atoms with Crippen molar-refractivity contribution in [3.05, 3.63) is 69.4 Å². The molecule has 3 aromatic rings. The molecule has 1 aliphatic carbocycles. The number of β-amino-alcohol motifs (C(OH)–C–C–N with tert-alkyl or cyclic N) is 1. The Bertz CT molecular complexity index is 1240. The van der Waals surface area contributed by atoms with Crippen LogP contribution in [-0.4, -0.2) is 55.0 Å². The highest BCUT2D eigenvalue weighted by Crippen LogP contribution is 2.38. The molecule has 8 nitrogen and oxygen atoms in total. The van der Waals surface area contributed by atoms with Crippen molar-refractivity contribution in [3.63, 3.8) is 0 Å². The summed E-state index contributed by atoms with van der Waals surface area (Å²) in [7, 11) is 0. The fourth-order valence-corrected chi connectivity index (χ4v) is 5.07. The van der Waals surface area contributed by atoms with Crippen LogP contribution in [0.3, 0.4) is 0 Å². The number of hydrogen-bond acceptors (Lipinski definition) is 5. The van der Waals surface area contributed by atoms with Crippen molar-refractivity contribution < 1.29 is 9.90 Å². The highest BCUT2D eigenvalue weighted by Gasteiger charge is 2.45. The minimum Gasteiger partial charge on any atom is -0.389 e. The molecule has 31 heavy (non-hydrogen) atoms. The van der Waals surface area contributed by atoms with Crippen LogP contribution in [0.4, 0.5) is 0 Å². The summed E-state index contributed by atoms with van der Waals surface area (Å²) < 4.78 is 1.73. The normalized spacial score (nSPS) is 25.7. The van der Waals surface area contributed by atoms with E-state index in [4.69, 9.17) is 0 Å². The van der Waals surface area contributed by atoms with Gasteiger partial charge in [0.25, 0.3) is 11.5 Å². The second kappa shape index (κ2) is 6.77. The Hall–Kier alpha value is -2.97. The number of aliphatic hydroxyl groups excluding tert-OH is 1. The van der Waals surface area contributed by atoms with E-state index in [-0.39, 0.29) is 23.7 Å². The fourth-order valence-electron chi connectivity index (χ4n) is 5.07. The number of fused-ring (bicyclic) bond motifs is 2. The summed E-state index contributed by atoms with van der Waals surface area (Å²) in [5.74, 6) is 0.469. The molecule has 3 N–H and O–H groups in total. The summed E-state index contributed by atoms with van der Waals surface area (Å²) in [5, 5.41) is 14.6. The third-order valence-corrected chi connectivity index (χ3v) is 7.14. The number of amides is 1. The van der Waals surface area contributed by atoms with E-state index < -0.39 is 11.6 Å².